The largest absolute Gasteiger partial charge is 0.344 e. The van der Waals surface area contributed by atoms with Crippen LogP contribution in [-0.2, 0) is 14.1 Å². The Bertz CT molecular complexity index is 2090. The fourth-order valence-corrected chi connectivity index (χ4v) is 6.22. The van der Waals surface area contributed by atoms with E-state index >= 15 is 0 Å². The van der Waals surface area contributed by atoms with Gasteiger partial charge in [0.1, 0.15) is 5.82 Å². The van der Waals surface area contributed by atoms with Crippen molar-refractivity contribution in [2.75, 3.05) is 0 Å². The lowest BCUT2D eigenvalue weighted by atomic mass is 9.96. The highest BCUT2D eigenvalue weighted by Gasteiger charge is 2.11. The van der Waals surface area contributed by atoms with Crippen LogP contribution >= 0.6 is 0 Å². The molecule has 0 aliphatic heterocycles. The molecule has 0 amide bonds. The lowest BCUT2D eigenvalue weighted by Crippen LogP contribution is -1.92. The molecule has 0 atom stereocenters. The van der Waals surface area contributed by atoms with Gasteiger partial charge < -0.3 is 9.13 Å². The van der Waals surface area contributed by atoms with Crippen molar-refractivity contribution in [2.45, 2.75) is 0 Å². The second-order valence-electron chi connectivity index (χ2n) is 11.1. The maximum atomic E-state index is 4.86. The topological polar surface area (TPSA) is 22.8 Å². The predicted octanol–water partition coefficient (Wildman–Crippen LogP) is 9.89. The third-order valence-electron chi connectivity index (χ3n) is 8.57. The molecule has 0 aliphatic carbocycles. The van der Waals surface area contributed by atoms with E-state index in [0.717, 1.165) is 22.4 Å². The monoisotopic (exact) mass is 539 g/mol. The molecule has 3 nitrogen and oxygen atoms in total. The van der Waals surface area contributed by atoms with Gasteiger partial charge in [-0.1, -0.05) is 103 Å². The molecule has 0 spiro atoms. The third kappa shape index (κ3) is 4.02. The molecule has 2 aromatic heterocycles. The van der Waals surface area contributed by atoms with Crippen molar-refractivity contribution in [1.29, 1.82) is 0 Å². The summed E-state index contributed by atoms with van der Waals surface area (Å²) in [5, 5.41) is 3.75. The molecule has 6 aromatic carbocycles. The highest BCUT2D eigenvalue weighted by Crippen LogP contribution is 2.33. The number of para-hydroxylation sites is 3. The summed E-state index contributed by atoms with van der Waals surface area (Å²) in [5.41, 5.74) is 11.8. The van der Waals surface area contributed by atoms with Crippen LogP contribution in [0.5, 0.6) is 0 Å². The van der Waals surface area contributed by atoms with Gasteiger partial charge in [-0.25, -0.2) is 4.98 Å². The first-order valence-electron chi connectivity index (χ1n) is 14.3. The molecular formula is C39H29N3. The molecule has 0 bridgehead atoms. The van der Waals surface area contributed by atoms with E-state index in [0.29, 0.717) is 0 Å². The molecule has 0 radical (unpaired) electrons. The summed E-state index contributed by atoms with van der Waals surface area (Å²) in [7, 11) is 4.22. The van der Waals surface area contributed by atoms with Gasteiger partial charge in [-0.2, -0.15) is 0 Å². The first kappa shape index (κ1) is 24.4. The Kier molecular flexibility index (Phi) is 5.58. The van der Waals surface area contributed by atoms with Crippen LogP contribution in [0.4, 0.5) is 0 Å². The number of aryl methyl sites for hydroxylation is 2. The van der Waals surface area contributed by atoms with Crippen molar-refractivity contribution in [3.05, 3.63) is 140 Å². The molecule has 8 aromatic rings. The average Bonchev–Trinajstić information content (AvgIpc) is 3.57. The third-order valence-corrected chi connectivity index (χ3v) is 8.57. The molecule has 0 aliphatic rings. The number of hydrogen-bond acceptors (Lipinski definition) is 1. The van der Waals surface area contributed by atoms with Gasteiger partial charge >= 0.3 is 0 Å². The minimum atomic E-state index is 0.984. The minimum absolute atomic E-state index is 0.984. The normalized spacial score (nSPS) is 11.6. The van der Waals surface area contributed by atoms with Crippen molar-refractivity contribution in [1.82, 2.24) is 14.1 Å². The highest BCUT2D eigenvalue weighted by atomic mass is 15.1. The van der Waals surface area contributed by atoms with Crippen LogP contribution in [0, 0.1) is 0 Å². The number of nitrogens with zero attached hydrogens (tertiary/aromatic N) is 3. The van der Waals surface area contributed by atoms with Crippen molar-refractivity contribution < 1.29 is 0 Å². The fourth-order valence-electron chi connectivity index (χ4n) is 6.22. The Balaban J connectivity index is 1.09. The van der Waals surface area contributed by atoms with Gasteiger partial charge in [0.25, 0.3) is 0 Å². The highest BCUT2D eigenvalue weighted by molar-refractivity contribution is 5.92. The van der Waals surface area contributed by atoms with E-state index in [1.54, 1.807) is 0 Å². The summed E-state index contributed by atoms with van der Waals surface area (Å²) in [4.78, 5) is 4.86. The molecule has 0 saturated carbocycles. The van der Waals surface area contributed by atoms with Crippen LogP contribution in [0.2, 0.25) is 0 Å². The molecule has 0 fully saturated rings. The standard InChI is InChI=1S/C39H29N3/c1-41-36-9-5-3-7-33(36)25-38(41)29-17-11-26(12-18-29)31-21-15-28-16-22-32(24-34(28)23-31)27-13-19-30(20-14-27)39-40-35-8-4-6-10-37(35)42(39)2/h3-25H,1-2H3. The van der Waals surface area contributed by atoms with Crippen LogP contribution in [0.25, 0.3) is 77.6 Å². The zero-order chi connectivity index (χ0) is 28.2. The first-order chi connectivity index (χ1) is 20.6. The SMILES string of the molecule is Cn1c(-c2ccc(-c3ccc4ccc(-c5ccc(-c6nc7ccccc7n6C)cc5)cc4c3)cc2)cc2ccccc21. The van der Waals surface area contributed by atoms with E-state index in [-0.39, 0.29) is 0 Å². The predicted molar refractivity (Wildman–Crippen MR) is 176 cm³/mol. The van der Waals surface area contributed by atoms with Crippen LogP contribution in [0.3, 0.4) is 0 Å². The van der Waals surface area contributed by atoms with E-state index in [1.807, 2.05) is 6.07 Å². The number of hydrogen-bond donors (Lipinski definition) is 0. The summed E-state index contributed by atoms with van der Waals surface area (Å²) in [6.07, 6.45) is 0. The van der Waals surface area contributed by atoms with E-state index < -0.39 is 0 Å². The van der Waals surface area contributed by atoms with Gasteiger partial charge in [0.05, 0.1) is 11.0 Å². The zero-order valence-electron chi connectivity index (χ0n) is 23.6. The summed E-state index contributed by atoms with van der Waals surface area (Å²) in [6, 6.07) is 50.2. The summed E-state index contributed by atoms with van der Waals surface area (Å²) in [5.74, 6) is 0.984. The molecule has 0 unspecified atom stereocenters. The Labute approximate surface area is 244 Å². The first-order valence-corrected chi connectivity index (χ1v) is 14.3. The maximum absolute atomic E-state index is 4.86. The Hall–Kier alpha value is -5.41. The van der Waals surface area contributed by atoms with Gasteiger partial charge in [0, 0.05) is 36.3 Å². The summed E-state index contributed by atoms with van der Waals surface area (Å²) >= 11 is 0. The molecule has 0 N–H and O–H groups in total. The quantitative estimate of drug-likeness (QED) is 0.218. The number of imidazole rings is 1. The average molecular weight is 540 g/mol. The number of fused-ring (bicyclic) bond motifs is 3. The molecule has 200 valence electrons. The van der Waals surface area contributed by atoms with Crippen LogP contribution in [0.15, 0.2) is 140 Å². The van der Waals surface area contributed by atoms with Crippen molar-refractivity contribution >= 4 is 32.7 Å². The lowest BCUT2D eigenvalue weighted by molar-refractivity contribution is 0.959. The van der Waals surface area contributed by atoms with Gasteiger partial charge in [-0.15, -0.1) is 0 Å². The Morgan fingerprint density at radius 1 is 0.405 bits per heavy atom. The maximum Gasteiger partial charge on any atom is 0.140 e. The second-order valence-corrected chi connectivity index (χ2v) is 11.1. The van der Waals surface area contributed by atoms with E-state index in [9.17, 15) is 0 Å². The number of rotatable bonds is 4. The van der Waals surface area contributed by atoms with Gasteiger partial charge in [0.2, 0.25) is 0 Å². The summed E-state index contributed by atoms with van der Waals surface area (Å²) in [6.45, 7) is 0. The molecule has 0 saturated heterocycles. The molecule has 2 heterocycles. The fraction of sp³-hybridized carbons (Fsp3) is 0.0513. The Morgan fingerprint density at radius 3 is 1.60 bits per heavy atom. The number of benzene rings is 6. The van der Waals surface area contributed by atoms with E-state index in [2.05, 4.69) is 157 Å². The lowest BCUT2D eigenvalue weighted by Gasteiger charge is -2.09. The van der Waals surface area contributed by atoms with Crippen LogP contribution < -0.4 is 0 Å². The van der Waals surface area contributed by atoms with Crippen LogP contribution in [0.1, 0.15) is 0 Å². The van der Waals surface area contributed by atoms with Crippen molar-refractivity contribution in [3.63, 3.8) is 0 Å². The second kappa shape index (κ2) is 9.60. The molecule has 42 heavy (non-hydrogen) atoms. The van der Waals surface area contributed by atoms with Crippen molar-refractivity contribution in [3.8, 4) is 44.9 Å². The molecule has 3 heteroatoms. The molecular weight excluding hydrogens is 510 g/mol. The molecule has 8 rings (SSSR count). The van der Waals surface area contributed by atoms with Gasteiger partial charge in [-0.3, -0.25) is 0 Å². The van der Waals surface area contributed by atoms with Gasteiger partial charge in [-0.05, 0) is 75.0 Å². The van der Waals surface area contributed by atoms with Crippen LogP contribution in [-0.4, -0.2) is 14.1 Å². The van der Waals surface area contributed by atoms with E-state index in [1.165, 1.54) is 55.2 Å². The van der Waals surface area contributed by atoms with Gasteiger partial charge in [0.15, 0.2) is 0 Å². The Morgan fingerprint density at radius 2 is 0.952 bits per heavy atom. The van der Waals surface area contributed by atoms with Crippen molar-refractivity contribution in [2.24, 2.45) is 14.1 Å². The minimum Gasteiger partial charge on any atom is -0.344 e. The zero-order valence-corrected chi connectivity index (χ0v) is 23.6. The smallest absolute Gasteiger partial charge is 0.140 e. The summed E-state index contributed by atoms with van der Waals surface area (Å²) < 4.78 is 4.43. The number of aromatic nitrogens is 3. The van der Waals surface area contributed by atoms with E-state index in [4.69, 9.17) is 4.98 Å².